The highest BCUT2D eigenvalue weighted by atomic mass is 32.2. The normalized spacial score (nSPS) is 31.1. The first-order valence-corrected chi connectivity index (χ1v) is 6.59. The van der Waals surface area contributed by atoms with E-state index in [0.29, 0.717) is 11.2 Å². The first-order valence-electron chi connectivity index (χ1n) is 5.54. The zero-order valence-corrected chi connectivity index (χ0v) is 10.6. The van der Waals surface area contributed by atoms with E-state index in [-0.39, 0.29) is 0 Å². The highest BCUT2D eigenvalue weighted by Gasteiger charge is 2.44. The Bertz CT molecular complexity index is 233. The molecule has 0 aromatic rings. The van der Waals surface area contributed by atoms with Gasteiger partial charge in [-0.25, -0.2) is 0 Å². The fraction of sp³-hybridized carbons (Fsp3) is 0.909. The van der Waals surface area contributed by atoms with Crippen LogP contribution in [0.1, 0.15) is 33.1 Å². The van der Waals surface area contributed by atoms with E-state index in [9.17, 15) is 9.90 Å². The van der Waals surface area contributed by atoms with Crippen LogP contribution in [0.15, 0.2) is 0 Å². The number of carboxylic acid groups (broad SMARTS) is 1. The highest BCUT2D eigenvalue weighted by molar-refractivity contribution is 7.99. The quantitative estimate of drug-likeness (QED) is 0.759. The molecule has 1 aliphatic rings. The molecule has 0 aromatic carbocycles. The minimum Gasteiger partial charge on any atom is -0.480 e. The van der Waals surface area contributed by atoms with Crippen molar-refractivity contribution in [2.75, 3.05) is 12.8 Å². The molecule has 1 saturated carbocycles. The number of aliphatic carboxylic acids is 1. The maximum absolute atomic E-state index is 11.2. The third-order valence-corrected chi connectivity index (χ3v) is 4.76. The molecule has 0 bridgehead atoms. The van der Waals surface area contributed by atoms with Gasteiger partial charge in [0.25, 0.3) is 0 Å². The predicted molar refractivity (Wildman–Crippen MR) is 64.4 cm³/mol. The molecular weight excluding hydrogens is 210 g/mol. The Morgan fingerprint density at radius 2 is 2.33 bits per heavy atom. The molecule has 4 heteroatoms. The van der Waals surface area contributed by atoms with Crippen LogP contribution in [-0.4, -0.2) is 34.7 Å². The molecule has 1 rings (SSSR count). The van der Waals surface area contributed by atoms with Crippen molar-refractivity contribution in [3.8, 4) is 0 Å². The van der Waals surface area contributed by atoms with Gasteiger partial charge in [-0.05, 0) is 38.0 Å². The molecule has 0 aliphatic heterocycles. The van der Waals surface area contributed by atoms with Crippen molar-refractivity contribution in [2.24, 2.45) is 5.92 Å². The molecular formula is C11H21NO2S. The summed E-state index contributed by atoms with van der Waals surface area (Å²) in [6, 6.07) is 0. The number of hydrogen-bond donors (Lipinski definition) is 2. The summed E-state index contributed by atoms with van der Waals surface area (Å²) in [4.78, 5) is 11.2. The molecule has 1 fully saturated rings. The highest BCUT2D eigenvalue weighted by Crippen LogP contribution is 2.37. The Hall–Kier alpha value is -0.220. The number of nitrogens with one attached hydrogen (secondary N) is 1. The largest absolute Gasteiger partial charge is 0.480 e. The second-order valence-corrected chi connectivity index (χ2v) is 6.06. The molecule has 1 aliphatic carbocycles. The predicted octanol–water partition coefficient (Wildman–Crippen LogP) is 1.97. The van der Waals surface area contributed by atoms with Gasteiger partial charge in [0, 0.05) is 5.25 Å². The van der Waals surface area contributed by atoms with E-state index >= 15 is 0 Å². The molecule has 0 amide bonds. The second kappa shape index (κ2) is 5.21. The summed E-state index contributed by atoms with van der Waals surface area (Å²) >= 11 is 1.92. The first-order chi connectivity index (χ1) is 7.00. The SMILES string of the molecule is CNC1(C(=O)O)CCC(SCC(C)C)C1. The van der Waals surface area contributed by atoms with Gasteiger partial charge in [-0.3, -0.25) is 4.79 Å². The number of carboxylic acids is 1. The molecule has 3 nitrogen and oxygen atoms in total. The van der Waals surface area contributed by atoms with Gasteiger partial charge in [-0.15, -0.1) is 0 Å². The zero-order valence-electron chi connectivity index (χ0n) is 9.75. The molecule has 0 radical (unpaired) electrons. The Labute approximate surface area is 96.0 Å². The standard InChI is InChI=1S/C11H21NO2S/c1-8(2)7-15-9-4-5-11(6-9,12-3)10(13)14/h8-9,12H,4-7H2,1-3H3,(H,13,14). The van der Waals surface area contributed by atoms with Crippen LogP contribution >= 0.6 is 11.8 Å². The lowest BCUT2D eigenvalue weighted by Gasteiger charge is -2.23. The molecule has 0 aromatic heterocycles. The molecule has 2 atom stereocenters. The smallest absolute Gasteiger partial charge is 0.323 e. The second-order valence-electron chi connectivity index (χ2n) is 4.73. The molecule has 2 unspecified atom stereocenters. The zero-order chi connectivity index (χ0) is 11.5. The molecule has 0 spiro atoms. The van der Waals surface area contributed by atoms with Gasteiger partial charge in [-0.2, -0.15) is 11.8 Å². The van der Waals surface area contributed by atoms with Crippen molar-refractivity contribution < 1.29 is 9.90 Å². The first kappa shape index (κ1) is 12.8. The lowest BCUT2D eigenvalue weighted by Crippen LogP contribution is -2.48. The average molecular weight is 231 g/mol. The molecule has 0 saturated heterocycles. The third kappa shape index (κ3) is 3.11. The van der Waals surface area contributed by atoms with Crippen molar-refractivity contribution in [2.45, 2.75) is 43.9 Å². The van der Waals surface area contributed by atoms with Gasteiger partial charge in [0.05, 0.1) is 0 Å². The summed E-state index contributed by atoms with van der Waals surface area (Å²) in [5.41, 5.74) is -0.658. The average Bonchev–Trinajstić information content (AvgIpc) is 2.59. The van der Waals surface area contributed by atoms with Crippen LogP contribution in [0.25, 0.3) is 0 Å². The van der Waals surface area contributed by atoms with Crippen molar-refractivity contribution in [1.29, 1.82) is 0 Å². The van der Waals surface area contributed by atoms with E-state index in [4.69, 9.17) is 0 Å². The van der Waals surface area contributed by atoms with Crippen LogP contribution in [0.4, 0.5) is 0 Å². The molecule has 15 heavy (non-hydrogen) atoms. The summed E-state index contributed by atoms with van der Waals surface area (Å²) in [5.74, 6) is 1.12. The fourth-order valence-electron chi connectivity index (χ4n) is 2.00. The van der Waals surface area contributed by atoms with Crippen LogP contribution in [0.5, 0.6) is 0 Å². The minimum absolute atomic E-state index is 0.510. The summed E-state index contributed by atoms with van der Waals surface area (Å²) in [5, 5.41) is 12.7. The van der Waals surface area contributed by atoms with Crippen LogP contribution in [0.3, 0.4) is 0 Å². The number of hydrogen-bond acceptors (Lipinski definition) is 3. The van der Waals surface area contributed by atoms with E-state index in [1.165, 1.54) is 0 Å². The fourth-order valence-corrected chi connectivity index (χ4v) is 3.34. The lowest BCUT2D eigenvalue weighted by atomic mass is 9.99. The molecule has 0 heterocycles. The van der Waals surface area contributed by atoms with Crippen molar-refractivity contribution >= 4 is 17.7 Å². The third-order valence-electron chi connectivity index (χ3n) is 3.02. The number of thioether (sulfide) groups is 1. The number of carbonyl (C=O) groups is 1. The Morgan fingerprint density at radius 1 is 1.67 bits per heavy atom. The van der Waals surface area contributed by atoms with Gasteiger partial charge in [-0.1, -0.05) is 13.8 Å². The minimum atomic E-state index is -0.697. The summed E-state index contributed by atoms with van der Waals surface area (Å²) in [7, 11) is 1.75. The van der Waals surface area contributed by atoms with Gasteiger partial charge in [0.1, 0.15) is 5.54 Å². The van der Waals surface area contributed by atoms with E-state index in [1.54, 1.807) is 7.05 Å². The van der Waals surface area contributed by atoms with E-state index in [2.05, 4.69) is 19.2 Å². The number of rotatable bonds is 5. The maximum Gasteiger partial charge on any atom is 0.323 e. The van der Waals surface area contributed by atoms with Crippen molar-refractivity contribution in [3.63, 3.8) is 0 Å². The van der Waals surface area contributed by atoms with Crippen LogP contribution in [0.2, 0.25) is 0 Å². The Kier molecular flexibility index (Phi) is 4.46. The molecule has 88 valence electrons. The van der Waals surface area contributed by atoms with E-state index in [1.807, 2.05) is 11.8 Å². The number of likely N-dealkylation sites (N-methyl/N-ethyl adjacent to an activating group) is 1. The Balaban J connectivity index is 2.46. The van der Waals surface area contributed by atoms with E-state index in [0.717, 1.165) is 25.0 Å². The van der Waals surface area contributed by atoms with Crippen LogP contribution in [-0.2, 0) is 4.79 Å². The van der Waals surface area contributed by atoms with Gasteiger partial charge >= 0.3 is 5.97 Å². The monoisotopic (exact) mass is 231 g/mol. The lowest BCUT2D eigenvalue weighted by molar-refractivity contribution is -0.144. The summed E-state index contributed by atoms with van der Waals surface area (Å²) in [6.07, 6.45) is 2.54. The topological polar surface area (TPSA) is 49.3 Å². The van der Waals surface area contributed by atoms with Crippen LogP contribution < -0.4 is 5.32 Å². The molecule has 2 N–H and O–H groups in total. The maximum atomic E-state index is 11.2. The van der Waals surface area contributed by atoms with Crippen LogP contribution in [0, 0.1) is 5.92 Å². The van der Waals surface area contributed by atoms with Crippen molar-refractivity contribution in [3.05, 3.63) is 0 Å². The summed E-state index contributed by atoms with van der Waals surface area (Å²) in [6.45, 7) is 4.40. The van der Waals surface area contributed by atoms with Gasteiger partial charge in [0.2, 0.25) is 0 Å². The summed E-state index contributed by atoms with van der Waals surface area (Å²) < 4.78 is 0. The van der Waals surface area contributed by atoms with Gasteiger partial charge < -0.3 is 10.4 Å². The van der Waals surface area contributed by atoms with Crippen molar-refractivity contribution in [1.82, 2.24) is 5.32 Å². The van der Waals surface area contributed by atoms with E-state index < -0.39 is 11.5 Å². The van der Waals surface area contributed by atoms with Gasteiger partial charge in [0.15, 0.2) is 0 Å². The Morgan fingerprint density at radius 3 is 2.73 bits per heavy atom.